The number of aromatic amines is 1. The number of furan rings is 1. The van der Waals surface area contributed by atoms with Crippen molar-refractivity contribution in [3.63, 3.8) is 0 Å². The maximum absolute atomic E-state index is 13.4. The highest BCUT2D eigenvalue weighted by Crippen LogP contribution is 2.41. The molecule has 0 saturated heterocycles. The van der Waals surface area contributed by atoms with Gasteiger partial charge in [0.05, 0.1) is 11.0 Å². The normalized spacial score (nSPS) is 14.4. The molecule has 0 unspecified atom stereocenters. The third-order valence-electron chi connectivity index (χ3n) is 7.48. The number of rotatable bonds is 11. The first-order chi connectivity index (χ1) is 19.4. The summed E-state index contributed by atoms with van der Waals surface area (Å²) in [5, 5.41) is 24.5. The quantitative estimate of drug-likeness (QED) is 0.138. The van der Waals surface area contributed by atoms with Gasteiger partial charge in [0, 0.05) is 29.5 Å². The molecule has 1 aliphatic carbocycles. The van der Waals surface area contributed by atoms with Gasteiger partial charge in [0.1, 0.15) is 16.9 Å². The SMILES string of the molecule is CCCCCC(=O)N(Cc1ccc2oc(-c3ccccc3-c3nnn[nH]3)c(Br)c2c1)CC1(OC(=O)O)CCCC1. The van der Waals surface area contributed by atoms with E-state index in [-0.39, 0.29) is 12.5 Å². The molecular weight excluding hydrogens is 578 g/mol. The smallest absolute Gasteiger partial charge is 0.455 e. The van der Waals surface area contributed by atoms with E-state index in [4.69, 9.17) is 9.15 Å². The Morgan fingerprint density at radius 1 is 1.15 bits per heavy atom. The van der Waals surface area contributed by atoms with Crippen LogP contribution in [0.5, 0.6) is 0 Å². The van der Waals surface area contributed by atoms with Crippen LogP contribution in [-0.4, -0.2) is 54.8 Å². The zero-order valence-corrected chi connectivity index (χ0v) is 23.9. The minimum absolute atomic E-state index is 0.00959. The molecule has 0 aliphatic heterocycles. The van der Waals surface area contributed by atoms with Crippen LogP contribution in [0.4, 0.5) is 4.79 Å². The van der Waals surface area contributed by atoms with Crippen molar-refractivity contribution in [1.29, 1.82) is 0 Å². The second kappa shape index (κ2) is 12.2. The number of carbonyl (C=O) groups excluding carboxylic acids is 1. The lowest BCUT2D eigenvalue weighted by Crippen LogP contribution is -2.46. The fourth-order valence-electron chi connectivity index (χ4n) is 5.53. The van der Waals surface area contributed by atoms with Crippen LogP contribution in [0.1, 0.15) is 63.9 Å². The summed E-state index contributed by atoms with van der Waals surface area (Å²) in [5.41, 5.74) is 2.38. The molecule has 0 spiro atoms. The number of amides is 1. The van der Waals surface area contributed by atoms with Crippen LogP contribution in [0.3, 0.4) is 0 Å². The number of tetrazole rings is 1. The van der Waals surface area contributed by atoms with Gasteiger partial charge in [0.2, 0.25) is 5.91 Å². The highest BCUT2D eigenvalue weighted by atomic mass is 79.9. The van der Waals surface area contributed by atoms with E-state index in [1.165, 1.54) is 0 Å². The molecule has 40 heavy (non-hydrogen) atoms. The summed E-state index contributed by atoms with van der Waals surface area (Å²) in [6.45, 7) is 2.70. The van der Waals surface area contributed by atoms with Crippen LogP contribution >= 0.6 is 15.9 Å². The van der Waals surface area contributed by atoms with Crippen molar-refractivity contribution in [3.8, 4) is 22.7 Å². The number of carboxylic acid groups (broad SMARTS) is 1. The van der Waals surface area contributed by atoms with Crippen LogP contribution < -0.4 is 0 Å². The van der Waals surface area contributed by atoms with E-state index in [1.807, 2.05) is 42.5 Å². The van der Waals surface area contributed by atoms with Crippen molar-refractivity contribution in [2.75, 3.05) is 6.54 Å². The Morgan fingerprint density at radius 3 is 2.62 bits per heavy atom. The molecule has 1 fully saturated rings. The molecule has 0 bridgehead atoms. The number of halogens is 1. The number of H-pyrrole nitrogens is 1. The van der Waals surface area contributed by atoms with Gasteiger partial charge in [-0.25, -0.2) is 9.89 Å². The van der Waals surface area contributed by atoms with Crippen LogP contribution in [0.15, 0.2) is 51.4 Å². The fourth-order valence-corrected chi connectivity index (χ4v) is 6.13. The summed E-state index contributed by atoms with van der Waals surface area (Å²) < 4.78 is 12.5. The molecule has 0 atom stereocenters. The second-order valence-corrected chi connectivity index (χ2v) is 11.1. The highest BCUT2D eigenvalue weighted by molar-refractivity contribution is 9.10. The Bertz CT molecular complexity index is 1480. The van der Waals surface area contributed by atoms with Crippen molar-refractivity contribution in [2.45, 2.75) is 70.4 Å². The third-order valence-corrected chi connectivity index (χ3v) is 8.27. The molecule has 5 rings (SSSR count). The number of ether oxygens (including phenoxy) is 1. The van der Waals surface area contributed by atoms with E-state index in [0.717, 1.165) is 58.7 Å². The second-order valence-electron chi connectivity index (χ2n) is 10.3. The predicted molar refractivity (Wildman–Crippen MR) is 152 cm³/mol. The number of benzene rings is 2. The first-order valence-electron chi connectivity index (χ1n) is 13.6. The molecule has 10 nitrogen and oxygen atoms in total. The fraction of sp³-hybridized carbons (Fsp3) is 0.414. The van der Waals surface area contributed by atoms with Crippen molar-refractivity contribution in [1.82, 2.24) is 25.5 Å². The Balaban J connectivity index is 1.45. The minimum atomic E-state index is -1.29. The van der Waals surface area contributed by atoms with Gasteiger partial charge in [-0.15, -0.1) is 5.10 Å². The average molecular weight is 611 g/mol. The number of aromatic nitrogens is 4. The Kier molecular flexibility index (Phi) is 8.49. The van der Waals surface area contributed by atoms with E-state index in [0.29, 0.717) is 43.0 Å². The number of nitrogens with zero attached hydrogens (tertiary/aromatic N) is 4. The van der Waals surface area contributed by atoms with E-state index in [1.54, 1.807) is 4.90 Å². The summed E-state index contributed by atoms with van der Waals surface area (Å²) in [6.07, 6.45) is 4.92. The Morgan fingerprint density at radius 2 is 1.93 bits per heavy atom. The number of carbonyl (C=O) groups is 2. The van der Waals surface area contributed by atoms with Crippen LogP contribution in [-0.2, 0) is 16.1 Å². The molecule has 2 aromatic carbocycles. The van der Waals surface area contributed by atoms with Gasteiger partial charge in [-0.2, -0.15) is 0 Å². The molecule has 210 valence electrons. The number of unbranched alkanes of at least 4 members (excludes halogenated alkanes) is 2. The highest BCUT2D eigenvalue weighted by Gasteiger charge is 2.40. The molecule has 11 heteroatoms. The maximum atomic E-state index is 13.4. The van der Waals surface area contributed by atoms with Crippen molar-refractivity contribution >= 4 is 39.0 Å². The molecule has 0 radical (unpaired) electrons. The molecule has 1 aliphatic rings. The molecule has 1 amide bonds. The van der Waals surface area contributed by atoms with E-state index >= 15 is 0 Å². The number of hydrogen-bond donors (Lipinski definition) is 2. The molecular formula is C29H32BrN5O5. The van der Waals surface area contributed by atoms with Crippen LogP contribution in [0, 0.1) is 0 Å². The standard InChI is InChI=1S/C29H32BrN5O5/c1-2-3-4-11-24(36)35(18-29(40-28(37)38)14-7-8-15-29)17-19-12-13-23-22(16-19)25(30)26(39-23)20-9-5-6-10-21(20)27-31-33-34-32-27/h5-6,9-10,12-13,16H,2-4,7-8,11,14-15,17-18H2,1H3,(H,37,38)(H,31,32,33,34). The zero-order valence-electron chi connectivity index (χ0n) is 22.4. The monoisotopic (exact) mass is 609 g/mol. The molecule has 2 heterocycles. The number of hydrogen-bond acceptors (Lipinski definition) is 7. The van der Waals surface area contributed by atoms with Gasteiger partial charge in [-0.05, 0) is 76.2 Å². The molecule has 2 N–H and O–H groups in total. The summed E-state index contributed by atoms with van der Waals surface area (Å²) in [7, 11) is 0. The third kappa shape index (κ3) is 6.04. The molecule has 2 aromatic heterocycles. The number of fused-ring (bicyclic) bond motifs is 1. The van der Waals surface area contributed by atoms with Gasteiger partial charge in [-0.1, -0.05) is 50.1 Å². The summed E-state index contributed by atoms with van der Waals surface area (Å²) >= 11 is 3.74. The zero-order chi connectivity index (χ0) is 28.1. The lowest BCUT2D eigenvalue weighted by Gasteiger charge is -2.34. The minimum Gasteiger partial charge on any atom is -0.455 e. The van der Waals surface area contributed by atoms with Gasteiger partial charge in [0.25, 0.3) is 0 Å². The lowest BCUT2D eigenvalue weighted by molar-refractivity contribution is -0.136. The first-order valence-corrected chi connectivity index (χ1v) is 14.4. The summed E-state index contributed by atoms with van der Waals surface area (Å²) in [6, 6.07) is 13.6. The Hall–Kier alpha value is -3.73. The van der Waals surface area contributed by atoms with Gasteiger partial charge in [0.15, 0.2) is 5.82 Å². The van der Waals surface area contributed by atoms with E-state index < -0.39 is 11.8 Å². The number of nitrogens with one attached hydrogen (secondary N) is 1. The van der Waals surface area contributed by atoms with E-state index in [2.05, 4.69) is 43.5 Å². The summed E-state index contributed by atoms with van der Waals surface area (Å²) in [5.74, 6) is 1.19. The van der Waals surface area contributed by atoms with Gasteiger partial charge in [-0.3, -0.25) is 4.79 Å². The van der Waals surface area contributed by atoms with Crippen LogP contribution in [0.25, 0.3) is 33.7 Å². The van der Waals surface area contributed by atoms with Gasteiger partial charge >= 0.3 is 6.16 Å². The largest absolute Gasteiger partial charge is 0.506 e. The predicted octanol–water partition coefficient (Wildman–Crippen LogP) is 6.96. The topological polar surface area (TPSA) is 134 Å². The first kappa shape index (κ1) is 27.8. The van der Waals surface area contributed by atoms with Crippen molar-refractivity contribution < 1.29 is 23.8 Å². The average Bonchev–Trinajstić information content (AvgIpc) is 3.70. The van der Waals surface area contributed by atoms with Crippen molar-refractivity contribution in [2.24, 2.45) is 0 Å². The Labute approximate surface area is 240 Å². The molecule has 1 saturated carbocycles. The van der Waals surface area contributed by atoms with Crippen molar-refractivity contribution in [3.05, 3.63) is 52.5 Å². The van der Waals surface area contributed by atoms with Gasteiger partial charge < -0.3 is 19.2 Å². The molecule has 4 aromatic rings. The summed E-state index contributed by atoms with van der Waals surface area (Å²) in [4.78, 5) is 26.7. The lowest BCUT2D eigenvalue weighted by atomic mass is 10.00. The maximum Gasteiger partial charge on any atom is 0.506 e. The van der Waals surface area contributed by atoms with Crippen LogP contribution in [0.2, 0.25) is 0 Å². The van der Waals surface area contributed by atoms with E-state index in [9.17, 15) is 14.7 Å².